The zero-order valence-electron chi connectivity index (χ0n) is 11.6. The van der Waals surface area contributed by atoms with Crippen molar-refractivity contribution < 1.29 is 4.74 Å². The molecule has 5 nitrogen and oxygen atoms in total. The van der Waals surface area contributed by atoms with Crippen LogP contribution in [0, 0.1) is 13.8 Å². The Hall–Kier alpha value is -2.56. The SMILES string of the molecule is COc1ccccc1-c1c(C)[nH]n2c(=O)cc(C)nc12. The molecule has 0 radical (unpaired) electrons. The van der Waals surface area contributed by atoms with Crippen molar-refractivity contribution in [2.75, 3.05) is 7.11 Å². The number of fused-ring (bicyclic) bond motifs is 1. The molecule has 1 aromatic carbocycles. The van der Waals surface area contributed by atoms with E-state index in [4.69, 9.17) is 4.74 Å². The van der Waals surface area contributed by atoms with Crippen LogP contribution < -0.4 is 10.3 Å². The van der Waals surface area contributed by atoms with Gasteiger partial charge >= 0.3 is 0 Å². The average Bonchev–Trinajstić information content (AvgIpc) is 2.75. The van der Waals surface area contributed by atoms with Crippen LogP contribution in [0.15, 0.2) is 35.1 Å². The minimum Gasteiger partial charge on any atom is -0.496 e. The smallest absolute Gasteiger partial charge is 0.272 e. The number of H-pyrrole nitrogens is 1. The molecule has 0 fully saturated rings. The largest absolute Gasteiger partial charge is 0.496 e. The van der Waals surface area contributed by atoms with Crippen molar-refractivity contribution in [2.24, 2.45) is 0 Å². The molecule has 0 unspecified atom stereocenters. The number of hydrogen-bond donors (Lipinski definition) is 1. The lowest BCUT2D eigenvalue weighted by atomic mass is 10.1. The van der Waals surface area contributed by atoms with Gasteiger partial charge in [-0.2, -0.15) is 0 Å². The van der Waals surface area contributed by atoms with E-state index in [0.29, 0.717) is 11.3 Å². The normalized spacial score (nSPS) is 10.9. The number of aromatic nitrogens is 3. The fraction of sp³-hybridized carbons (Fsp3) is 0.200. The van der Waals surface area contributed by atoms with E-state index in [-0.39, 0.29) is 5.56 Å². The van der Waals surface area contributed by atoms with E-state index in [1.165, 1.54) is 10.6 Å². The molecule has 0 amide bonds. The summed E-state index contributed by atoms with van der Waals surface area (Å²) in [6.45, 7) is 3.74. The Morgan fingerprint density at radius 3 is 2.75 bits per heavy atom. The van der Waals surface area contributed by atoms with Crippen LogP contribution in [-0.2, 0) is 0 Å². The lowest BCUT2D eigenvalue weighted by molar-refractivity contribution is 0.416. The molecule has 1 N–H and O–H groups in total. The summed E-state index contributed by atoms with van der Waals surface area (Å²) < 4.78 is 6.87. The van der Waals surface area contributed by atoms with Gasteiger partial charge in [0.15, 0.2) is 5.65 Å². The first-order chi connectivity index (χ1) is 9.61. The van der Waals surface area contributed by atoms with E-state index < -0.39 is 0 Å². The summed E-state index contributed by atoms with van der Waals surface area (Å²) in [5.74, 6) is 0.757. The molecule has 3 rings (SSSR count). The fourth-order valence-corrected chi connectivity index (χ4v) is 2.44. The second-order valence-electron chi connectivity index (χ2n) is 4.71. The maximum atomic E-state index is 12.0. The van der Waals surface area contributed by atoms with Gasteiger partial charge in [-0.25, -0.2) is 9.50 Å². The molecule has 0 spiro atoms. The van der Waals surface area contributed by atoms with Crippen LogP contribution in [0.4, 0.5) is 0 Å². The van der Waals surface area contributed by atoms with Crippen LogP contribution in [0.25, 0.3) is 16.8 Å². The van der Waals surface area contributed by atoms with Crippen molar-refractivity contribution in [1.82, 2.24) is 14.6 Å². The molecule has 0 saturated carbocycles. The summed E-state index contributed by atoms with van der Waals surface area (Å²) in [7, 11) is 1.63. The minimum atomic E-state index is -0.114. The maximum Gasteiger partial charge on any atom is 0.272 e. The van der Waals surface area contributed by atoms with E-state index in [0.717, 1.165) is 22.6 Å². The Morgan fingerprint density at radius 1 is 1.25 bits per heavy atom. The predicted octanol–water partition coefficient (Wildman–Crippen LogP) is 2.32. The molecule has 0 aliphatic heterocycles. The molecule has 0 aliphatic carbocycles. The Bertz CT molecular complexity index is 846. The number of benzene rings is 1. The Kier molecular flexibility index (Phi) is 2.82. The first-order valence-electron chi connectivity index (χ1n) is 6.34. The third-order valence-corrected chi connectivity index (χ3v) is 3.30. The van der Waals surface area contributed by atoms with Crippen LogP contribution in [0.3, 0.4) is 0 Å². The topological polar surface area (TPSA) is 59.4 Å². The van der Waals surface area contributed by atoms with E-state index in [1.807, 2.05) is 38.1 Å². The number of aryl methyl sites for hydroxylation is 2. The van der Waals surface area contributed by atoms with Crippen molar-refractivity contribution in [3.63, 3.8) is 0 Å². The van der Waals surface area contributed by atoms with Gasteiger partial charge in [-0.1, -0.05) is 18.2 Å². The quantitative estimate of drug-likeness (QED) is 0.776. The van der Waals surface area contributed by atoms with Crippen LogP contribution >= 0.6 is 0 Å². The first kappa shape index (κ1) is 12.5. The number of para-hydroxylation sites is 1. The zero-order chi connectivity index (χ0) is 14.3. The maximum absolute atomic E-state index is 12.0. The van der Waals surface area contributed by atoms with Crippen LogP contribution in [0.1, 0.15) is 11.4 Å². The molecular formula is C15H15N3O2. The first-order valence-corrected chi connectivity index (χ1v) is 6.34. The summed E-state index contributed by atoms with van der Waals surface area (Å²) in [6, 6.07) is 9.22. The second kappa shape index (κ2) is 4.52. The van der Waals surface area contributed by atoms with Gasteiger partial charge < -0.3 is 4.74 Å². The van der Waals surface area contributed by atoms with Gasteiger partial charge in [0.05, 0.1) is 12.7 Å². The van der Waals surface area contributed by atoms with Crippen molar-refractivity contribution in [3.8, 4) is 16.9 Å². The molecule has 0 aliphatic rings. The number of nitrogens with zero attached hydrogens (tertiary/aromatic N) is 2. The van der Waals surface area contributed by atoms with Gasteiger partial charge in [-0.05, 0) is 19.9 Å². The van der Waals surface area contributed by atoms with E-state index >= 15 is 0 Å². The molecule has 0 saturated heterocycles. The van der Waals surface area contributed by atoms with Crippen LogP contribution in [0.2, 0.25) is 0 Å². The Labute approximate surface area is 115 Å². The van der Waals surface area contributed by atoms with Crippen molar-refractivity contribution in [3.05, 3.63) is 52.1 Å². The van der Waals surface area contributed by atoms with Crippen LogP contribution in [-0.4, -0.2) is 21.7 Å². The van der Waals surface area contributed by atoms with Gasteiger partial charge in [0, 0.05) is 23.0 Å². The lowest BCUT2D eigenvalue weighted by Crippen LogP contribution is -2.14. The molecule has 0 bridgehead atoms. The van der Waals surface area contributed by atoms with Gasteiger partial charge in [0.25, 0.3) is 5.56 Å². The number of hydrogen-bond acceptors (Lipinski definition) is 3. The van der Waals surface area contributed by atoms with Crippen molar-refractivity contribution in [1.29, 1.82) is 0 Å². The molecule has 102 valence electrons. The summed E-state index contributed by atoms with van der Waals surface area (Å²) >= 11 is 0. The summed E-state index contributed by atoms with van der Waals surface area (Å²) in [6.07, 6.45) is 0. The molecule has 3 aromatic rings. The summed E-state index contributed by atoms with van der Waals surface area (Å²) in [5, 5.41) is 3.06. The van der Waals surface area contributed by atoms with Crippen molar-refractivity contribution in [2.45, 2.75) is 13.8 Å². The average molecular weight is 269 g/mol. The van der Waals surface area contributed by atoms with E-state index in [1.54, 1.807) is 7.11 Å². The van der Waals surface area contributed by atoms with Crippen LogP contribution in [0.5, 0.6) is 5.75 Å². The van der Waals surface area contributed by atoms with Crippen molar-refractivity contribution >= 4 is 5.65 Å². The van der Waals surface area contributed by atoms with E-state index in [2.05, 4.69) is 10.1 Å². The molecule has 0 atom stereocenters. The minimum absolute atomic E-state index is 0.114. The highest BCUT2D eigenvalue weighted by Crippen LogP contribution is 2.33. The third-order valence-electron chi connectivity index (χ3n) is 3.30. The molecule has 2 heterocycles. The zero-order valence-corrected chi connectivity index (χ0v) is 11.6. The summed E-state index contributed by atoms with van der Waals surface area (Å²) in [5.41, 5.74) is 3.90. The predicted molar refractivity (Wildman–Crippen MR) is 77.3 cm³/mol. The van der Waals surface area contributed by atoms with E-state index in [9.17, 15) is 4.79 Å². The number of ether oxygens (including phenoxy) is 1. The standard InChI is InChI=1S/C15H15N3O2/c1-9-8-13(19)18-15(16-9)14(10(2)17-18)11-6-4-5-7-12(11)20-3/h4-8,17H,1-3H3. The number of aromatic amines is 1. The van der Waals surface area contributed by atoms with Gasteiger partial charge in [-0.3, -0.25) is 9.89 Å². The molecular weight excluding hydrogens is 254 g/mol. The Balaban J connectivity index is 2.42. The second-order valence-corrected chi connectivity index (χ2v) is 4.71. The highest BCUT2D eigenvalue weighted by molar-refractivity contribution is 5.83. The Morgan fingerprint density at radius 2 is 2.00 bits per heavy atom. The highest BCUT2D eigenvalue weighted by atomic mass is 16.5. The van der Waals surface area contributed by atoms with Gasteiger partial charge in [-0.15, -0.1) is 0 Å². The number of rotatable bonds is 2. The molecule has 2 aromatic heterocycles. The molecule has 5 heteroatoms. The fourth-order valence-electron chi connectivity index (χ4n) is 2.44. The third kappa shape index (κ3) is 1.79. The number of nitrogens with one attached hydrogen (secondary N) is 1. The lowest BCUT2D eigenvalue weighted by Gasteiger charge is -2.07. The summed E-state index contributed by atoms with van der Waals surface area (Å²) in [4.78, 5) is 16.5. The highest BCUT2D eigenvalue weighted by Gasteiger charge is 2.16. The number of methoxy groups -OCH3 is 1. The monoisotopic (exact) mass is 269 g/mol. The molecule has 20 heavy (non-hydrogen) atoms. The van der Waals surface area contributed by atoms with Gasteiger partial charge in [0.1, 0.15) is 5.75 Å². The van der Waals surface area contributed by atoms with Gasteiger partial charge in [0.2, 0.25) is 0 Å².